The number of ether oxygens (including phenoxy) is 2. The van der Waals surface area contributed by atoms with E-state index in [9.17, 15) is 9.90 Å². The molecule has 0 aliphatic carbocycles. The maximum absolute atomic E-state index is 11.7. The van der Waals surface area contributed by atoms with Crippen LogP contribution in [0.2, 0.25) is 5.02 Å². The zero-order chi connectivity index (χ0) is 19.4. The van der Waals surface area contributed by atoms with Crippen molar-refractivity contribution < 1.29 is 19.4 Å². The van der Waals surface area contributed by atoms with Crippen molar-refractivity contribution >= 4 is 28.5 Å². The van der Waals surface area contributed by atoms with Gasteiger partial charge in [-0.1, -0.05) is 29.8 Å². The molecule has 0 saturated carbocycles. The molecule has 3 N–H and O–H groups in total. The van der Waals surface area contributed by atoms with Gasteiger partial charge in [0.2, 0.25) is 0 Å². The van der Waals surface area contributed by atoms with Gasteiger partial charge in [-0.3, -0.25) is 4.79 Å². The van der Waals surface area contributed by atoms with Crippen LogP contribution in [0, 0.1) is 0 Å². The molecule has 1 aromatic heterocycles. The first kappa shape index (κ1) is 19.1. The summed E-state index contributed by atoms with van der Waals surface area (Å²) in [6.45, 7) is 0.333. The number of benzene rings is 2. The van der Waals surface area contributed by atoms with E-state index < -0.39 is 12.0 Å². The number of aromatic amines is 1. The van der Waals surface area contributed by atoms with Crippen LogP contribution in [0.25, 0.3) is 10.9 Å². The summed E-state index contributed by atoms with van der Waals surface area (Å²) in [6, 6.07) is 10.6. The molecule has 0 saturated heterocycles. The number of fused-ring (bicyclic) bond motifs is 1. The number of halogens is 1. The summed E-state index contributed by atoms with van der Waals surface area (Å²) in [6.07, 6.45) is 2.22. The van der Waals surface area contributed by atoms with Gasteiger partial charge < -0.3 is 24.9 Å². The Morgan fingerprint density at radius 2 is 2.04 bits per heavy atom. The van der Waals surface area contributed by atoms with Gasteiger partial charge in [-0.2, -0.15) is 0 Å². The summed E-state index contributed by atoms with van der Waals surface area (Å²) in [4.78, 5) is 14.9. The molecule has 1 atom stereocenters. The summed E-state index contributed by atoms with van der Waals surface area (Å²) in [5, 5.41) is 14.1. The topological polar surface area (TPSA) is 83.6 Å². The van der Waals surface area contributed by atoms with Crippen molar-refractivity contribution in [1.29, 1.82) is 0 Å². The van der Waals surface area contributed by atoms with Crippen molar-refractivity contribution in [1.82, 2.24) is 10.3 Å². The van der Waals surface area contributed by atoms with Crippen molar-refractivity contribution in [2.75, 3.05) is 14.2 Å². The van der Waals surface area contributed by atoms with Gasteiger partial charge in [-0.25, -0.2) is 0 Å². The third-order valence-electron chi connectivity index (χ3n) is 4.44. The highest BCUT2D eigenvalue weighted by molar-refractivity contribution is 6.32. The Kier molecular flexibility index (Phi) is 5.88. The molecule has 6 nitrogen and oxygen atoms in total. The lowest BCUT2D eigenvalue weighted by Gasteiger charge is -2.16. The number of hydrogen-bond acceptors (Lipinski definition) is 4. The fraction of sp³-hybridized carbons (Fsp3) is 0.250. The van der Waals surface area contributed by atoms with Crippen LogP contribution in [-0.4, -0.2) is 36.3 Å². The van der Waals surface area contributed by atoms with Gasteiger partial charge in [0.15, 0.2) is 11.5 Å². The maximum Gasteiger partial charge on any atom is 0.321 e. The Morgan fingerprint density at radius 1 is 1.26 bits per heavy atom. The average Bonchev–Trinajstić information content (AvgIpc) is 3.07. The lowest BCUT2D eigenvalue weighted by Crippen LogP contribution is -2.38. The second kappa shape index (κ2) is 8.33. The van der Waals surface area contributed by atoms with Crippen molar-refractivity contribution in [3.63, 3.8) is 0 Å². The van der Waals surface area contributed by atoms with Crippen LogP contribution in [0.1, 0.15) is 11.1 Å². The van der Waals surface area contributed by atoms with Gasteiger partial charge in [0.25, 0.3) is 0 Å². The van der Waals surface area contributed by atoms with E-state index in [-0.39, 0.29) is 0 Å². The third-order valence-corrected chi connectivity index (χ3v) is 4.72. The molecule has 2 aromatic carbocycles. The molecule has 1 heterocycles. The summed E-state index contributed by atoms with van der Waals surface area (Å²) in [7, 11) is 3.05. The van der Waals surface area contributed by atoms with Gasteiger partial charge in [0.1, 0.15) is 6.04 Å². The smallest absolute Gasteiger partial charge is 0.321 e. The first-order chi connectivity index (χ1) is 13.0. The lowest BCUT2D eigenvalue weighted by atomic mass is 10.0. The number of methoxy groups -OCH3 is 2. The minimum atomic E-state index is -0.910. The molecule has 27 heavy (non-hydrogen) atoms. The molecule has 3 aromatic rings. The monoisotopic (exact) mass is 388 g/mol. The van der Waals surface area contributed by atoms with Crippen LogP contribution < -0.4 is 14.8 Å². The highest BCUT2D eigenvalue weighted by Crippen LogP contribution is 2.36. The number of H-pyrrole nitrogens is 1. The number of carboxylic acids is 1. The van der Waals surface area contributed by atoms with Gasteiger partial charge in [-0.15, -0.1) is 0 Å². The standard InChI is InChI=1S/C20H21ClN2O4/c1-26-18-8-12(7-15(21)19(18)27-2)10-22-17(20(24)25)9-13-11-23-16-6-4-3-5-14(13)16/h3-8,11,17,22-23H,9-10H2,1-2H3,(H,24,25)/t17-/m1/s1. The molecular weight excluding hydrogens is 368 g/mol. The van der Waals surface area contributed by atoms with Crippen LogP contribution >= 0.6 is 11.6 Å². The molecule has 0 aliphatic rings. The van der Waals surface area contributed by atoms with Crippen LogP contribution in [-0.2, 0) is 17.8 Å². The summed E-state index contributed by atoms with van der Waals surface area (Å²) in [5.41, 5.74) is 2.75. The number of hydrogen-bond donors (Lipinski definition) is 3. The lowest BCUT2D eigenvalue weighted by molar-refractivity contribution is -0.139. The number of para-hydroxylation sites is 1. The Balaban J connectivity index is 1.76. The SMILES string of the molecule is COc1cc(CN[C@H](Cc2c[nH]c3ccccc23)C(=O)O)cc(Cl)c1OC. The minimum absolute atomic E-state index is 0.333. The maximum atomic E-state index is 11.7. The molecule has 142 valence electrons. The third kappa shape index (κ3) is 4.18. The Hall–Kier alpha value is -2.70. The predicted octanol–water partition coefficient (Wildman–Crippen LogP) is 3.62. The van der Waals surface area contributed by atoms with Crippen molar-refractivity contribution in [3.8, 4) is 11.5 Å². The summed E-state index contributed by atoms with van der Waals surface area (Å²) < 4.78 is 10.5. The highest BCUT2D eigenvalue weighted by atomic mass is 35.5. The number of nitrogens with one attached hydrogen (secondary N) is 2. The first-order valence-electron chi connectivity index (χ1n) is 8.45. The Morgan fingerprint density at radius 3 is 2.74 bits per heavy atom. The zero-order valence-electron chi connectivity index (χ0n) is 15.1. The number of carbonyl (C=O) groups is 1. The van der Waals surface area contributed by atoms with E-state index in [1.165, 1.54) is 14.2 Å². The Bertz CT molecular complexity index is 954. The number of aromatic nitrogens is 1. The fourth-order valence-electron chi connectivity index (χ4n) is 3.08. The molecule has 0 fully saturated rings. The van der Waals surface area contributed by atoms with E-state index in [0.717, 1.165) is 22.0 Å². The molecule has 7 heteroatoms. The van der Waals surface area contributed by atoms with E-state index in [1.54, 1.807) is 12.1 Å². The van der Waals surface area contributed by atoms with E-state index in [4.69, 9.17) is 21.1 Å². The Labute approximate surface area is 162 Å². The van der Waals surface area contributed by atoms with Gasteiger partial charge in [0.05, 0.1) is 19.2 Å². The highest BCUT2D eigenvalue weighted by Gasteiger charge is 2.20. The molecule has 0 amide bonds. The van der Waals surface area contributed by atoms with Crippen molar-refractivity contribution in [2.45, 2.75) is 19.0 Å². The average molecular weight is 389 g/mol. The second-order valence-electron chi connectivity index (χ2n) is 6.15. The van der Waals surface area contributed by atoms with E-state index in [0.29, 0.717) is 29.5 Å². The summed E-state index contributed by atoms with van der Waals surface area (Å²) in [5.74, 6) is 0.0497. The van der Waals surface area contributed by atoms with Crippen molar-refractivity contribution in [3.05, 3.63) is 58.7 Å². The summed E-state index contributed by atoms with van der Waals surface area (Å²) >= 11 is 6.22. The van der Waals surface area contributed by atoms with Crippen LogP contribution in [0.5, 0.6) is 11.5 Å². The first-order valence-corrected chi connectivity index (χ1v) is 8.83. The van der Waals surface area contributed by atoms with E-state index in [1.807, 2.05) is 30.5 Å². The molecule has 0 bridgehead atoms. The van der Waals surface area contributed by atoms with E-state index in [2.05, 4.69) is 10.3 Å². The van der Waals surface area contributed by atoms with Crippen LogP contribution in [0.4, 0.5) is 0 Å². The second-order valence-corrected chi connectivity index (χ2v) is 6.56. The van der Waals surface area contributed by atoms with Crippen LogP contribution in [0.3, 0.4) is 0 Å². The molecule has 0 unspecified atom stereocenters. The number of rotatable bonds is 8. The normalized spacial score (nSPS) is 12.1. The fourth-order valence-corrected chi connectivity index (χ4v) is 3.39. The molecule has 0 spiro atoms. The predicted molar refractivity (Wildman–Crippen MR) is 105 cm³/mol. The molecule has 0 aliphatic heterocycles. The van der Waals surface area contributed by atoms with Gasteiger partial charge >= 0.3 is 5.97 Å². The van der Waals surface area contributed by atoms with Crippen molar-refractivity contribution in [2.24, 2.45) is 0 Å². The minimum Gasteiger partial charge on any atom is -0.493 e. The molecule has 0 radical (unpaired) electrons. The molecular formula is C20H21ClN2O4. The number of carboxylic acid groups (broad SMARTS) is 1. The number of aliphatic carboxylic acids is 1. The largest absolute Gasteiger partial charge is 0.493 e. The zero-order valence-corrected chi connectivity index (χ0v) is 15.8. The van der Waals surface area contributed by atoms with Gasteiger partial charge in [0, 0.05) is 30.1 Å². The van der Waals surface area contributed by atoms with Gasteiger partial charge in [-0.05, 0) is 29.3 Å². The van der Waals surface area contributed by atoms with E-state index >= 15 is 0 Å². The van der Waals surface area contributed by atoms with Crippen LogP contribution in [0.15, 0.2) is 42.6 Å². The quantitative estimate of drug-likeness (QED) is 0.549. The molecule has 3 rings (SSSR count).